The van der Waals surface area contributed by atoms with E-state index in [0.717, 1.165) is 17.5 Å². The lowest BCUT2D eigenvalue weighted by molar-refractivity contribution is -0.918. The molecule has 0 spiro atoms. The van der Waals surface area contributed by atoms with Crippen molar-refractivity contribution in [2.24, 2.45) is 0 Å². The molecule has 2 aromatic rings. The quantitative estimate of drug-likeness (QED) is 0.794. The van der Waals surface area contributed by atoms with Gasteiger partial charge in [-0.3, -0.25) is 0 Å². The van der Waals surface area contributed by atoms with Gasteiger partial charge in [-0.1, -0.05) is 0 Å². The zero-order chi connectivity index (χ0) is 13.2. The van der Waals surface area contributed by atoms with Crippen LogP contribution in [0.1, 0.15) is 24.8 Å². The van der Waals surface area contributed by atoms with Gasteiger partial charge in [0.15, 0.2) is 0 Å². The summed E-state index contributed by atoms with van der Waals surface area (Å²) in [6, 6.07) is 6.55. The third kappa shape index (κ3) is 2.63. The summed E-state index contributed by atoms with van der Waals surface area (Å²) in [5, 5.41) is 10.4. The number of phenols is 1. The van der Waals surface area contributed by atoms with Gasteiger partial charge in [-0.15, -0.1) is 0 Å². The van der Waals surface area contributed by atoms with Gasteiger partial charge in [0, 0.05) is 23.1 Å². The fourth-order valence-electron chi connectivity index (χ4n) is 2.86. The molecule has 1 aliphatic heterocycles. The smallest absolute Gasteiger partial charge is 0.336 e. The molecule has 1 saturated heterocycles. The molecule has 1 aromatic heterocycles. The van der Waals surface area contributed by atoms with E-state index in [1.165, 1.54) is 43.3 Å². The summed E-state index contributed by atoms with van der Waals surface area (Å²) in [7, 11) is 0. The van der Waals surface area contributed by atoms with E-state index in [9.17, 15) is 9.90 Å². The first-order valence-corrected chi connectivity index (χ1v) is 6.82. The summed E-state index contributed by atoms with van der Waals surface area (Å²) in [4.78, 5) is 13.1. The summed E-state index contributed by atoms with van der Waals surface area (Å²) < 4.78 is 5.15. The maximum atomic E-state index is 11.6. The first-order chi connectivity index (χ1) is 9.22. The minimum Gasteiger partial charge on any atom is -0.508 e. The van der Waals surface area contributed by atoms with Crippen LogP contribution in [0, 0.1) is 0 Å². The first-order valence-electron chi connectivity index (χ1n) is 6.82. The second-order valence-electron chi connectivity index (χ2n) is 5.26. The molecule has 0 amide bonds. The van der Waals surface area contributed by atoms with Crippen LogP contribution in [0.2, 0.25) is 0 Å². The van der Waals surface area contributed by atoms with Crippen molar-refractivity contribution in [3.8, 4) is 5.75 Å². The summed E-state index contributed by atoms with van der Waals surface area (Å²) in [5.41, 5.74) is 1.14. The molecule has 1 fully saturated rings. The second-order valence-corrected chi connectivity index (χ2v) is 5.26. The Labute approximate surface area is 111 Å². The molecule has 3 rings (SSSR count). The van der Waals surface area contributed by atoms with E-state index in [2.05, 4.69) is 0 Å². The van der Waals surface area contributed by atoms with E-state index in [-0.39, 0.29) is 11.4 Å². The van der Waals surface area contributed by atoms with E-state index in [1.807, 2.05) is 6.07 Å². The fourth-order valence-corrected chi connectivity index (χ4v) is 2.86. The van der Waals surface area contributed by atoms with Crippen LogP contribution in [0.5, 0.6) is 5.75 Å². The van der Waals surface area contributed by atoms with Gasteiger partial charge < -0.3 is 14.4 Å². The largest absolute Gasteiger partial charge is 0.508 e. The third-order valence-corrected chi connectivity index (χ3v) is 3.81. The van der Waals surface area contributed by atoms with Crippen molar-refractivity contribution in [2.75, 3.05) is 13.1 Å². The Morgan fingerprint density at radius 2 is 1.95 bits per heavy atom. The molecule has 4 nitrogen and oxygen atoms in total. The number of hydrogen-bond donors (Lipinski definition) is 2. The van der Waals surface area contributed by atoms with Gasteiger partial charge in [0.1, 0.15) is 17.9 Å². The zero-order valence-corrected chi connectivity index (χ0v) is 10.8. The Balaban J connectivity index is 1.99. The fraction of sp³-hybridized carbons (Fsp3) is 0.400. The lowest BCUT2D eigenvalue weighted by Crippen LogP contribution is -3.11. The summed E-state index contributed by atoms with van der Waals surface area (Å²) in [5.74, 6) is 0.123. The number of nitrogens with one attached hydrogen (secondary N) is 1. The third-order valence-electron chi connectivity index (χ3n) is 3.81. The van der Waals surface area contributed by atoms with Crippen LogP contribution in [0.3, 0.4) is 0 Å². The average Bonchev–Trinajstić information content (AvgIpc) is 2.39. The highest BCUT2D eigenvalue weighted by atomic mass is 16.4. The van der Waals surface area contributed by atoms with Gasteiger partial charge in [0.2, 0.25) is 0 Å². The molecule has 0 bridgehead atoms. The SMILES string of the molecule is O=c1cc(C[NH+]2CCCCC2)c2ccc(O)cc2o1. The predicted molar refractivity (Wildman–Crippen MR) is 72.4 cm³/mol. The molecule has 4 heteroatoms. The number of aromatic hydroxyl groups is 1. The number of phenolic OH excluding ortho intramolecular Hbond substituents is 1. The number of quaternary nitrogens is 1. The van der Waals surface area contributed by atoms with Crippen molar-refractivity contribution < 1.29 is 14.4 Å². The minimum atomic E-state index is -0.343. The van der Waals surface area contributed by atoms with Crippen molar-refractivity contribution in [3.05, 3.63) is 40.2 Å². The Morgan fingerprint density at radius 3 is 2.74 bits per heavy atom. The Kier molecular flexibility index (Phi) is 3.25. The van der Waals surface area contributed by atoms with Crippen LogP contribution in [0.4, 0.5) is 0 Å². The van der Waals surface area contributed by atoms with Crippen LogP contribution >= 0.6 is 0 Å². The average molecular weight is 260 g/mol. The number of hydrogen-bond acceptors (Lipinski definition) is 3. The van der Waals surface area contributed by atoms with Gasteiger partial charge in [0.05, 0.1) is 13.1 Å². The zero-order valence-electron chi connectivity index (χ0n) is 10.8. The van der Waals surface area contributed by atoms with Crippen molar-refractivity contribution in [1.29, 1.82) is 0 Å². The van der Waals surface area contributed by atoms with E-state index in [1.54, 1.807) is 12.1 Å². The first kappa shape index (κ1) is 12.2. The lowest BCUT2D eigenvalue weighted by atomic mass is 10.1. The van der Waals surface area contributed by atoms with Crippen LogP contribution in [0.25, 0.3) is 11.0 Å². The highest BCUT2D eigenvalue weighted by Crippen LogP contribution is 2.21. The van der Waals surface area contributed by atoms with E-state index >= 15 is 0 Å². The molecule has 0 aliphatic carbocycles. The summed E-state index contributed by atoms with van der Waals surface area (Å²) >= 11 is 0. The van der Waals surface area contributed by atoms with E-state index in [0.29, 0.717) is 5.58 Å². The summed E-state index contributed by atoms with van der Waals surface area (Å²) in [6.45, 7) is 3.19. The van der Waals surface area contributed by atoms with Crippen molar-refractivity contribution in [1.82, 2.24) is 0 Å². The molecular weight excluding hydrogens is 242 g/mol. The Bertz CT molecular complexity index is 641. The van der Waals surface area contributed by atoms with Crippen molar-refractivity contribution >= 4 is 11.0 Å². The van der Waals surface area contributed by atoms with Gasteiger partial charge in [-0.2, -0.15) is 0 Å². The summed E-state index contributed by atoms with van der Waals surface area (Å²) in [6.07, 6.45) is 3.83. The van der Waals surface area contributed by atoms with Gasteiger partial charge >= 0.3 is 5.63 Å². The topological polar surface area (TPSA) is 54.9 Å². The second kappa shape index (κ2) is 5.05. The van der Waals surface area contributed by atoms with Gasteiger partial charge in [-0.05, 0) is 31.4 Å². The number of rotatable bonds is 2. The highest BCUT2D eigenvalue weighted by molar-refractivity contribution is 5.81. The highest BCUT2D eigenvalue weighted by Gasteiger charge is 2.16. The van der Waals surface area contributed by atoms with E-state index < -0.39 is 0 Å². The standard InChI is InChI=1S/C15H17NO3/c17-12-4-5-13-11(8-15(18)19-14(13)9-12)10-16-6-2-1-3-7-16/h4-5,8-9,17H,1-3,6-7,10H2/p+1. The number of piperidine rings is 1. The number of benzene rings is 1. The maximum absolute atomic E-state index is 11.6. The Morgan fingerprint density at radius 1 is 1.16 bits per heavy atom. The van der Waals surface area contributed by atoms with Gasteiger partial charge in [-0.25, -0.2) is 4.79 Å². The normalized spacial score (nSPS) is 16.8. The Hall–Kier alpha value is -1.81. The van der Waals surface area contributed by atoms with Crippen LogP contribution in [-0.4, -0.2) is 18.2 Å². The maximum Gasteiger partial charge on any atom is 0.336 e. The molecule has 0 atom stereocenters. The van der Waals surface area contributed by atoms with E-state index in [4.69, 9.17) is 4.42 Å². The molecule has 0 saturated carbocycles. The van der Waals surface area contributed by atoms with Crippen LogP contribution in [-0.2, 0) is 6.54 Å². The van der Waals surface area contributed by atoms with Gasteiger partial charge in [0.25, 0.3) is 0 Å². The predicted octanol–water partition coefficient (Wildman–Crippen LogP) is 1.07. The van der Waals surface area contributed by atoms with Crippen molar-refractivity contribution in [2.45, 2.75) is 25.8 Å². The molecule has 2 heterocycles. The molecule has 100 valence electrons. The lowest BCUT2D eigenvalue weighted by Gasteiger charge is -2.23. The molecule has 1 aliphatic rings. The molecule has 0 radical (unpaired) electrons. The van der Waals surface area contributed by atoms with Crippen LogP contribution in [0.15, 0.2) is 33.5 Å². The monoisotopic (exact) mass is 260 g/mol. The van der Waals surface area contributed by atoms with Crippen molar-refractivity contribution in [3.63, 3.8) is 0 Å². The minimum absolute atomic E-state index is 0.123. The molecule has 1 aromatic carbocycles. The molecule has 0 unspecified atom stereocenters. The molecular formula is C15H18NO3+. The number of fused-ring (bicyclic) bond motifs is 1. The number of likely N-dealkylation sites (tertiary alicyclic amines) is 1. The molecule has 19 heavy (non-hydrogen) atoms. The molecule has 2 N–H and O–H groups in total. The van der Waals surface area contributed by atoms with Crippen LogP contribution < -0.4 is 10.5 Å².